The van der Waals surface area contributed by atoms with Crippen molar-refractivity contribution >= 4 is 36.4 Å². The molecule has 0 bridgehead atoms. The molecule has 0 aromatic carbocycles. The lowest BCUT2D eigenvalue weighted by Crippen LogP contribution is -2.32. The SMILES string of the molecule is CCC1C(C=O)C1(C(=O)OC)C(=O)OC.CCCC1C(C=O)C1(C(=O)OC)C(=O)OC. The Labute approximate surface area is 180 Å². The largest absolute Gasteiger partial charge is 0.468 e. The van der Waals surface area contributed by atoms with Gasteiger partial charge >= 0.3 is 23.9 Å². The smallest absolute Gasteiger partial charge is 0.324 e. The minimum atomic E-state index is -1.39. The molecule has 0 amide bonds. The standard InChI is InChI=1S/C11H16O5.C10H14O5/c1-4-5-7-8(6-12)11(7,9(13)15-2)10(14)16-3;1-4-6-7(5-11)10(6,8(12)14-2)9(13)15-3/h6-8H,4-5H2,1-3H3;5-7H,4H2,1-3H3. The number of esters is 4. The maximum atomic E-state index is 11.7. The van der Waals surface area contributed by atoms with E-state index in [1.807, 2.05) is 13.8 Å². The van der Waals surface area contributed by atoms with Crippen molar-refractivity contribution in [2.45, 2.75) is 33.1 Å². The Bertz CT molecular complexity index is 696. The van der Waals surface area contributed by atoms with Crippen molar-refractivity contribution in [1.29, 1.82) is 0 Å². The van der Waals surface area contributed by atoms with Crippen LogP contribution in [-0.2, 0) is 47.7 Å². The van der Waals surface area contributed by atoms with Gasteiger partial charge in [-0.15, -0.1) is 0 Å². The Morgan fingerprint density at radius 3 is 1.23 bits per heavy atom. The predicted octanol–water partition coefficient (Wildman–Crippen LogP) is 0.738. The first-order valence-corrected chi connectivity index (χ1v) is 9.96. The van der Waals surface area contributed by atoms with Crippen LogP contribution in [0, 0.1) is 34.5 Å². The van der Waals surface area contributed by atoms with Gasteiger partial charge in [0.15, 0.2) is 10.8 Å². The maximum absolute atomic E-state index is 11.7. The summed E-state index contributed by atoms with van der Waals surface area (Å²) in [6.45, 7) is 3.74. The maximum Gasteiger partial charge on any atom is 0.324 e. The molecule has 0 radical (unpaired) electrons. The van der Waals surface area contributed by atoms with E-state index in [-0.39, 0.29) is 11.8 Å². The van der Waals surface area contributed by atoms with E-state index in [0.29, 0.717) is 25.4 Å². The van der Waals surface area contributed by atoms with E-state index >= 15 is 0 Å². The van der Waals surface area contributed by atoms with Gasteiger partial charge in [-0.05, 0) is 18.3 Å². The van der Waals surface area contributed by atoms with Crippen LogP contribution in [0.25, 0.3) is 0 Å². The van der Waals surface area contributed by atoms with Gasteiger partial charge in [0.1, 0.15) is 12.6 Å². The van der Waals surface area contributed by atoms with Crippen molar-refractivity contribution in [3.63, 3.8) is 0 Å². The van der Waals surface area contributed by atoms with Crippen LogP contribution in [0.2, 0.25) is 0 Å². The number of carbonyl (C=O) groups is 6. The summed E-state index contributed by atoms with van der Waals surface area (Å²) in [5.41, 5.74) is -2.78. The molecular formula is C21H30O10. The summed E-state index contributed by atoms with van der Waals surface area (Å²) in [4.78, 5) is 68.1. The van der Waals surface area contributed by atoms with Crippen molar-refractivity contribution in [3.8, 4) is 0 Å². The normalized spacial score (nSPS) is 26.1. The highest BCUT2D eigenvalue weighted by Crippen LogP contribution is 2.61. The van der Waals surface area contributed by atoms with Gasteiger partial charge in [-0.2, -0.15) is 0 Å². The summed E-state index contributed by atoms with van der Waals surface area (Å²) < 4.78 is 18.4. The zero-order chi connectivity index (χ0) is 24.0. The highest BCUT2D eigenvalue weighted by atomic mass is 16.6. The molecule has 31 heavy (non-hydrogen) atoms. The van der Waals surface area contributed by atoms with E-state index in [2.05, 4.69) is 18.9 Å². The summed E-state index contributed by atoms with van der Waals surface area (Å²) in [5, 5.41) is 0. The summed E-state index contributed by atoms with van der Waals surface area (Å²) in [5.74, 6) is -4.50. The van der Waals surface area contributed by atoms with E-state index in [1.165, 1.54) is 28.4 Å². The molecule has 0 aromatic rings. The second kappa shape index (κ2) is 10.5. The zero-order valence-corrected chi connectivity index (χ0v) is 18.7. The van der Waals surface area contributed by atoms with E-state index in [1.54, 1.807) is 0 Å². The number of methoxy groups -OCH3 is 4. The first kappa shape index (κ1) is 26.3. The number of hydrogen-bond donors (Lipinski definition) is 0. The molecule has 10 heteroatoms. The second-order valence-electron chi connectivity index (χ2n) is 7.44. The molecule has 2 aliphatic carbocycles. The highest BCUT2D eigenvalue weighted by Gasteiger charge is 2.76. The van der Waals surface area contributed by atoms with Gasteiger partial charge in [-0.3, -0.25) is 19.2 Å². The molecule has 0 aromatic heterocycles. The number of hydrogen-bond acceptors (Lipinski definition) is 10. The quantitative estimate of drug-likeness (QED) is 0.217. The second-order valence-corrected chi connectivity index (χ2v) is 7.44. The number of carbonyl (C=O) groups excluding carboxylic acids is 6. The molecule has 174 valence electrons. The zero-order valence-electron chi connectivity index (χ0n) is 18.7. The first-order valence-electron chi connectivity index (χ1n) is 9.96. The lowest BCUT2D eigenvalue weighted by Gasteiger charge is -2.12. The lowest BCUT2D eigenvalue weighted by molar-refractivity contribution is -0.164. The molecule has 0 saturated heterocycles. The van der Waals surface area contributed by atoms with Crippen LogP contribution < -0.4 is 0 Å². The van der Waals surface area contributed by atoms with E-state index < -0.39 is 46.5 Å². The van der Waals surface area contributed by atoms with Crippen LogP contribution in [0.5, 0.6) is 0 Å². The summed E-state index contributed by atoms with van der Waals surface area (Å²) in [6.07, 6.45) is 3.27. The summed E-state index contributed by atoms with van der Waals surface area (Å²) >= 11 is 0. The van der Waals surface area contributed by atoms with Crippen molar-refractivity contribution < 1.29 is 47.7 Å². The van der Waals surface area contributed by atoms with Crippen molar-refractivity contribution in [3.05, 3.63) is 0 Å². The van der Waals surface area contributed by atoms with Crippen LogP contribution in [0.1, 0.15) is 33.1 Å². The Morgan fingerprint density at radius 1 is 0.677 bits per heavy atom. The van der Waals surface area contributed by atoms with Crippen molar-refractivity contribution in [2.24, 2.45) is 34.5 Å². The van der Waals surface area contributed by atoms with Crippen LogP contribution in [0.4, 0.5) is 0 Å². The summed E-state index contributed by atoms with van der Waals surface area (Å²) in [6, 6.07) is 0. The lowest BCUT2D eigenvalue weighted by atomic mass is 10.0. The Hall–Kier alpha value is -2.78. The third-order valence-corrected chi connectivity index (χ3v) is 6.30. The van der Waals surface area contributed by atoms with Crippen LogP contribution in [-0.4, -0.2) is 64.9 Å². The third-order valence-electron chi connectivity index (χ3n) is 6.30. The van der Waals surface area contributed by atoms with Crippen LogP contribution in [0.3, 0.4) is 0 Å². The molecule has 0 N–H and O–H groups in total. The number of rotatable bonds is 9. The third kappa shape index (κ3) is 3.95. The van der Waals surface area contributed by atoms with Gasteiger partial charge in [-0.25, -0.2) is 0 Å². The van der Waals surface area contributed by atoms with E-state index in [4.69, 9.17) is 0 Å². The Morgan fingerprint density at radius 2 is 1.00 bits per heavy atom. The average Bonchev–Trinajstić information content (AvgIpc) is 3.67. The average molecular weight is 442 g/mol. The first-order chi connectivity index (χ1) is 14.7. The van der Waals surface area contributed by atoms with Gasteiger partial charge in [-0.1, -0.05) is 26.7 Å². The van der Waals surface area contributed by atoms with Gasteiger partial charge in [0.25, 0.3) is 0 Å². The Balaban J connectivity index is 0.000000311. The molecule has 2 saturated carbocycles. The van der Waals surface area contributed by atoms with Crippen molar-refractivity contribution in [1.82, 2.24) is 0 Å². The Kier molecular flexibility index (Phi) is 8.89. The molecule has 10 nitrogen and oxygen atoms in total. The van der Waals surface area contributed by atoms with Crippen LogP contribution >= 0.6 is 0 Å². The fraction of sp³-hybridized carbons (Fsp3) is 0.714. The van der Waals surface area contributed by atoms with Gasteiger partial charge in [0.05, 0.1) is 28.4 Å². The topological polar surface area (TPSA) is 139 Å². The molecule has 0 spiro atoms. The molecule has 0 aliphatic heterocycles. The van der Waals surface area contributed by atoms with E-state index in [0.717, 1.165) is 6.42 Å². The van der Waals surface area contributed by atoms with Gasteiger partial charge in [0, 0.05) is 11.8 Å². The fourth-order valence-electron chi connectivity index (χ4n) is 4.67. The highest BCUT2D eigenvalue weighted by molar-refractivity contribution is 6.08. The monoisotopic (exact) mass is 442 g/mol. The molecular weight excluding hydrogens is 412 g/mol. The van der Waals surface area contributed by atoms with E-state index in [9.17, 15) is 28.8 Å². The fourth-order valence-corrected chi connectivity index (χ4v) is 4.67. The predicted molar refractivity (Wildman–Crippen MR) is 104 cm³/mol. The van der Waals surface area contributed by atoms with Gasteiger partial charge in [0.2, 0.25) is 0 Å². The van der Waals surface area contributed by atoms with Crippen molar-refractivity contribution in [2.75, 3.05) is 28.4 Å². The molecule has 4 atom stereocenters. The minimum absolute atomic E-state index is 0.283. The van der Waals surface area contributed by atoms with Gasteiger partial charge < -0.3 is 28.5 Å². The molecule has 2 fully saturated rings. The van der Waals surface area contributed by atoms with Crippen LogP contribution in [0.15, 0.2) is 0 Å². The molecule has 2 rings (SSSR count). The molecule has 2 aliphatic rings. The number of aldehydes is 2. The minimum Gasteiger partial charge on any atom is -0.468 e. The molecule has 4 unspecified atom stereocenters. The summed E-state index contributed by atoms with van der Waals surface area (Å²) in [7, 11) is 4.80. The molecule has 0 heterocycles. The number of ether oxygens (including phenoxy) is 4.